The van der Waals surface area contributed by atoms with Crippen LogP contribution in [-0.4, -0.2) is 64.4 Å². The van der Waals surface area contributed by atoms with Crippen LogP contribution < -0.4 is 4.72 Å². The number of fused-ring (bicyclic) bond motifs is 1. The van der Waals surface area contributed by atoms with E-state index >= 15 is 0 Å². The van der Waals surface area contributed by atoms with Gasteiger partial charge in [-0.25, -0.2) is 13.1 Å². The fraction of sp³-hybridized carbons (Fsp3) is 0.343. The molecule has 44 heavy (non-hydrogen) atoms. The van der Waals surface area contributed by atoms with Gasteiger partial charge in [0.25, 0.3) is 5.91 Å². The van der Waals surface area contributed by atoms with E-state index < -0.39 is 10.0 Å². The lowest BCUT2D eigenvalue weighted by atomic mass is 9.88. The van der Waals surface area contributed by atoms with E-state index in [9.17, 15) is 13.2 Å². The lowest BCUT2D eigenvalue weighted by molar-refractivity contribution is 0.0783. The molecule has 4 aromatic rings. The van der Waals surface area contributed by atoms with Crippen molar-refractivity contribution in [2.75, 3.05) is 40.3 Å². The van der Waals surface area contributed by atoms with Crippen LogP contribution in [0.25, 0.3) is 10.8 Å². The summed E-state index contributed by atoms with van der Waals surface area (Å²) in [6, 6.07) is 25.1. The Morgan fingerprint density at radius 1 is 0.977 bits per heavy atom. The number of likely N-dealkylation sites (N-methyl/N-ethyl adjacent to an activating group) is 1. The number of piperidine rings is 1. The number of hydrogen-bond acceptors (Lipinski definition) is 4. The van der Waals surface area contributed by atoms with Crippen LogP contribution in [0.15, 0.2) is 83.8 Å². The standard InChI is InChI=1S/C35H39Cl2N3O3S/c1-24-12-13-25-8-4-5-10-30(25)34(24)35(41)39(3)23-28(27-14-15-31(36)32(37)22-27)18-21-40-19-16-26(17-20-40)29-9-6-7-11-33(29)44(42,43)38-2/h4-15,22,26,28,38H,16-21,23H2,1-3H3. The van der Waals surface area contributed by atoms with Crippen molar-refractivity contribution in [3.63, 3.8) is 0 Å². The minimum absolute atomic E-state index is 0.000335. The average molecular weight is 653 g/mol. The van der Waals surface area contributed by atoms with Crippen LogP contribution in [0.1, 0.15) is 58.1 Å². The predicted octanol–water partition coefficient (Wildman–Crippen LogP) is 7.49. The molecule has 5 rings (SSSR count). The number of halogens is 2. The highest BCUT2D eigenvalue weighted by molar-refractivity contribution is 7.89. The van der Waals surface area contributed by atoms with Crippen LogP contribution in [0.4, 0.5) is 0 Å². The van der Waals surface area contributed by atoms with Gasteiger partial charge in [0.05, 0.1) is 20.5 Å². The highest BCUT2D eigenvalue weighted by Gasteiger charge is 2.27. The van der Waals surface area contributed by atoms with Gasteiger partial charge in [0.2, 0.25) is 10.0 Å². The summed E-state index contributed by atoms with van der Waals surface area (Å²) in [5.41, 5.74) is 3.63. The molecule has 9 heteroatoms. The zero-order valence-corrected chi connectivity index (χ0v) is 27.7. The van der Waals surface area contributed by atoms with Gasteiger partial charge in [-0.15, -0.1) is 0 Å². The second-order valence-corrected chi connectivity index (χ2v) is 14.4. The number of rotatable bonds is 10. The highest BCUT2D eigenvalue weighted by atomic mass is 35.5. The van der Waals surface area contributed by atoms with Gasteiger partial charge >= 0.3 is 0 Å². The van der Waals surface area contributed by atoms with Crippen molar-refractivity contribution in [1.29, 1.82) is 0 Å². The van der Waals surface area contributed by atoms with Crippen LogP contribution >= 0.6 is 23.2 Å². The molecule has 0 aromatic heterocycles. The Labute approximate surface area is 271 Å². The van der Waals surface area contributed by atoms with E-state index in [1.54, 1.807) is 12.1 Å². The van der Waals surface area contributed by atoms with E-state index in [-0.39, 0.29) is 17.7 Å². The van der Waals surface area contributed by atoms with Gasteiger partial charge in [0, 0.05) is 19.5 Å². The predicted molar refractivity (Wildman–Crippen MR) is 181 cm³/mol. The summed E-state index contributed by atoms with van der Waals surface area (Å²) < 4.78 is 27.7. The smallest absolute Gasteiger partial charge is 0.254 e. The normalized spacial score (nSPS) is 15.4. The lowest BCUT2D eigenvalue weighted by Gasteiger charge is -2.34. The van der Waals surface area contributed by atoms with E-state index in [0.717, 1.165) is 71.9 Å². The number of amides is 1. The highest BCUT2D eigenvalue weighted by Crippen LogP contribution is 2.34. The largest absolute Gasteiger partial charge is 0.341 e. The molecule has 1 N–H and O–H groups in total. The SMILES string of the molecule is CNS(=O)(=O)c1ccccc1C1CCN(CCC(CN(C)C(=O)c2c(C)ccc3ccccc23)c2ccc(Cl)c(Cl)c2)CC1. The molecule has 1 unspecified atom stereocenters. The Bertz CT molecular complexity index is 1750. The Morgan fingerprint density at radius 2 is 1.68 bits per heavy atom. The fourth-order valence-electron chi connectivity index (χ4n) is 6.38. The maximum absolute atomic E-state index is 13.9. The number of nitrogens with zero attached hydrogens (tertiary/aromatic N) is 2. The van der Waals surface area contributed by atoms with Gasteiger partial charge in [0.1, 0.15) is 0 Å². The minimum Gasteiger partial charge on any atom is -0.341 e. The van der Waals surface area contributed by atoms with Crippen LogP contribution in [0.3, 0.4) is 0 Å². The summed E-state index contributed by atoms with van der Waals surface area (Å²) in [4.78, 5) is 18.5. The number of sulfonamides is 1. The molecule has 1 saturated heterocycles. The molecule has 6 nitrogen and oxygen atoms in total. The topological polar surface area (TPSA) is 69.7 Å². The summed E-state index contributed by atoms with van der Waals surface area (Å²) in [5.74, 6) is 0.234. The van der Waals surface area contributed by atoms with E-state index in [0.29, 0.717) is 21.5 Å². The monoisotopic (exact) mass is 651 g/mol. The van der Waals surface area contributed by atoms with Gasteiger partial charge in [-0.05, 0) is 104 Å². The lowest BCUT2D eigenvalue weighted by Crippen LogP contribution is -2.36. The van der Waals surface area contributed by atoms with Crippen LogP contribution in [0.5, 0.6) is 0 Å². The zero-order chi connectivity index (χ0) is 31.4. The number of benzene rings is 4. The van der Waals surface area contributed by atoms with Crippen LogP contribution in [0.2, 0.25) is 10.0 Å². The number of likely N-dealkylation sites (tertiary alicyclic amines) is 1. The molecule has 232 valence electrons. The Kier molecular flexibility index (Phi) is 10.3. The molecule has 0 aliphatic carbocycles. The van der Waals surface area contributed by atoms with Gasteiger partial charge in [0.15, 0.2) is 0 Å². The van der Waals surface area contributed by atoms with Gasteiger partial charge < -0.3 is 9.80 Å². The summed E-state index contributed by atoms with van der Waals surface area (Å²) in [6.07, 6.45) is 2.60. The first kappa shape index (κ1) is 32.5. The quantitative estimate of drug-likeness (QED) is 0.193. The van der Waals surface area contributed by atoms with Gasteiger partial charge in [-0.1, -0.05) is 83.9 Å². The van der Waals surface area contributed by atoms with Crippen molar-refractivity contribution in [3.8, 4) is 0 Å². The molecule has 4 aromatic carbocycles. The van der Waals surface area contributed by atoms with E-state index in [1.807, 2.05) is 79.5 Å². The maximum Gasteiger partial charge on any atom is 0.254 e. The molecule has 1 aliphatic heterocycles. The van der Waals surface area contributed by atoms with Crippen molar-refractivity contribution in [1.82, 2.24) is 14.5 Å². The molecule has 1 aliphatic rings. The molecular formula is C35H39Cl2N3O3S. The second kappa shape index (κ2) is 14.0. The van der Waals surface area contributed by atoms with Crippen LogP contribution in [0, 0.1) is 6.92 Å². The number of carbonyl (C=O) groups is 1. The number of carbonyl (C=O) groups excluding carboxylic acids is 1. The third-order valence-corrected chi connectivity index (χ3v) is 11.1. The molecular weight excluding hydrogens is 613 g/mol. The van der Waals surface area contributed by atoms with Crippen molar-refractivity contribution in [3.05, 3.63) is 111 Å². The summed E-state index contributed by atoms with van der Waals surface area (Å²) in [5, 5.41) is 3.02. The first-order valence-electron chi connectivity index (χ1n) is 15.0. The first-order valence-corrected chi connectivity index (χ1v) is 17.3. The molecule has 1 fully saturated rings. The fourth-order valence-corrected chi connectivity index (χ4v) is 7.71. The van der Waals surface area contributed by atoms with Crippen molar-refractivity contribution >= 4 is 49.9 Å². The minimum atomic E-state index is -3.52. The number of hydrogen-bond donors (Lipinski definition) is 1. The van der Waals surface area contributed by atoms with Gasteiger partial charge in [-0.2, -0.15) is 0 Å². The number of nitrogens with one attached hydrogen (secondary N) is 1. The Morgan fingerprint density at radius 3 is 2.41 bits per heavy atom. The third-order valence-electron chi connectivity index (χ3n) is 8.91. The van der Waals surface area contributed by atoms with Crippen molar-refractivity contribution in [2.45, 2.75) is 42.9 Å². The molecule has 0 radical (unpaired) electrons. The Hall–Kier alpha value is -2.94. The zero-order valence-electron chi connectivity index (χ0n) is 25.4. The van der Waals surface area contributed by atoms with Gasteiger partial charge in [-0.3, -0.25) is 4.79 Å². The van der Waals surface area contributed by atoms with Crippen LogP contribution in [-0.2, 0) is 10.0 Å². The van der Waals surface area contributed by atoms with Crippen molar-refractivity contribution in [2.24, 2.45) is 0 Å². The van der Waals surface area contributed by atoms with Crippen molar-refractivity contribution < 1.29 is 13.2 Å². The molecule has 0 saturated carbocycles. The Balaban J connectivity index is 1.30. The molecule has 1 heterocycles. The number of aryl methyl sites for hydroxylation is 1. The summed E-state index contributed by atoms with van der Waals surface area (Å²) in [7, 11) is -0.197. The molecule has 1 atom stereocenters. The molecule has 1 amide bonds. The third kappa shape index (κ3) is 7.13. The van der Waals surface area contributed by atoms with E-state index in [2.05, 4.69) is 15.7 Å². The van der Waals surface area contributed by atoms with E-state index in [1.165, 1.54) is 7.05 Å². The van der Waals surface area contributed by atoms with E-state index in [4.69, 9.17) is 23.2 Å². The second-order valence-electron chi connectivity index (χ2n) is 11.7. The summed E-state index contributed by atoms with van der Waals surface area (Å²) in [6.45, 7) is 5.11. The molecule has 0 spiro atoms. The average Bonchev–Trinajstić information content (AvgIpc) is 3.04. The first-order chi connectivity index (χ1) is 21.1. The summed E-state index contributed by atoms with van der Waals surface area (Å²) >= 11 is 12.7. The molecule has 0 bridgehead atoms. The maximum atomic E-state index is 13.9.